The van der Waals surface area contributed by atoms with Crippen LogP contribution in [-0.2, 0) is 4.79 Å². The third kappa shape index (κ3) is 6.62. The lowest BCUT2D eigenvalue weighted by molar-refractivity contribution is -0.123. The van der Waals surface area contributed by atoms with Gasteiger partial charge in [0.2, 0.25) is 5.91 Å². The van der Waals surface area contributed by atoms with E-state index in [0.717, 1.165) is 12.8 Å². The predicted molar refractivity (Wildman–Crippen MR) is 56.6 cm³/mol. The van der Waals surface area contributed by atoms with Gasteiger partial charge in [0, 0.05) is 12.0 Å². The molecule has 1 N–H and O–H groups in total. The molecule has 0 fully saturated rings. The molecule has 0 saturated heterocycles. The zero-order valence-electron chi connectivity index (χ0n) is 9.61. The van der Waals surface area contributed by atoms with Crippen molar-refractivity contribution < 1.29 is 4.79 Å². The first kappa shape index (κ1) is 12.5. The molecule has 0 aliphatic rings. The second-order valence-corrected chi connectivity index (χ2v) is 4.78. The minimum absolute atomic E-state index is 0.0409. The van der Waals surface area contributed by atoms with Crippen LogP contribution in [0.2, 0.25) is 0 Å². The average Bonchev–Trinajstić information content (AvgIpc) is 1.81. The van der Waals surface area contributed by atoms with Crippen LogP contribution < -0.4 is 5.32 Å². The van der Waals surface area contributed by atoms with Gasteiger partial charge in [-0.1, -0.05) is 27.2 Å². The van der Waals surface area contributed by atoms with Crippen LogP contribution in [0.15, 0.2) is 0 Å². The Kier molecular flexibility index (Phi) is 5.04. The fourth-order valence-corrected chi connectivity index (χ4v) is 1.49. The summed E-state index contributed by atoms with van der Waals surface area (Å²) < 4.78 is 0. The predicted octanol–water partition coefficient (Wildman–Crippen LogP) is 2.73. The second kappa shape index (κ2) is 5.25. The van der Waals surface area contributed by atoms with Crippen molar-refractivity contribution >= 4 is 5.91 Å². The Hall–Kier alpha value is -0.530. The van der Waals surface area contributed by atoms with E-state index in [1.165, 1.54) is 0 Å². The quantitative estimate of drug-likeness (QED) is 0.701. The molecule has 2 nitrogen and oxygen atoms in total. The van der Waals surface area contributed by atoms with Crippen molar-refractivity contribution in [1.82, 2.24) is 5.32 Å². The number of amides is 1. The Morgan fingerprint density at radius 2 is 1.92 bits per heavy atom. The topological polar surface area (TPSA) is 29.1 Å². The van der Waals surface area contributed by atoms with Gasteiger partial charge in [0.25, 0.3) is 0 Å². The van der Waals surface area contributed by atoms with Crippen LogP contribution in [0.4, 0.5) is 0 Å². The first-order valence-electron chi connectivity index (χ1n) is 5.18. The molecule has 0 bridgehead atoms. The van der Waals surface area contributed by atoms with Gasteiger partial charge in [-0.05, 0) is 26.2 Å². The molecule has 0 aromatic heterocycles. The molecule has 0 aliphatic heterocycles. The summed E-state index contributed by atoms with van der Waals surface area (Å²) in [5.41, 5.74) is -0.0409. The van der Waals surface area contributed by atoms with Crippen LogP contribution in [0.1, 0.15) is 53.9 Å². The molecule has 0 atom stereocenters. The van der Waals surface area contributed by atoms with Gasteiger partial charge in [-0.3, -0.25) is 4.79 Å². The highest BCUT2D eigenvalue weighted by Crippen LogP contribution is 2.11. The molecule has 78 valence electrons. The SMILES string of the molecule is CCCC(C)(C)NC(=O)CC(C)C. The summed E-state index contributed by atoms with van der Waals surface area (Å²) in [7, 11) is 0. The molecule has 2 heteroatoms. The van der Waals surface area contributed by atoms with Crippen LogP contribution in [0.25, 0.3) is 0 Å². The second-order valence-electron chi connectivity index (χ2n) is 4.78. The summed E-state index contributed by atoms with van der Waals surface area (Å²) in [4.78, 5) is 11.4. The smallest absolute Gasteiger partial charge is 0.220 e. The number of carbonyl (C=O) groups is 1. The van der Waals surface area contributed by atoms with E-state index in [9.17, 15) is 4.79 Å². The molecule has 0 aliphatic carbocycles. The fraction of sp³-hybridized carbons (Fsp3) is 0.909. The van der Waals surface area contributed by atoms with E-state index in [4.69, 9.17) is 0 Å². The summed E-state index contributed by atoms with van der Waals surface area (Å²) in [5, 5.41) is 3.05. The maximum absolute atomic E-state index is 11.4. The molecule has 0 unspecified atom stereocenters. The molecule has 0 spiro atoms. The van der Waals surface area contributed by atoms with Crippen LogP contribution >= 0.6 is 0 Å². The molecule has 1 amide bonds. The van der Waals surface area contributed by atoms with E-state index >= 15 is 0 Å². The maximum Gasteiger partial charge on any atom is 0.220 e. The van der Waals surface area contributed by atoms with E-state index in [1.807, 2.05) is 0 Å². The molecule has 0 aromatic rings. The first-order valence-corrected chi connectivity index (χ1v) is 5.18. The highest BCUT2D eigenvalue weighted by atomic mass is 16.1. The molecular formula is C11H23NO. The highest BCUT2D eigenvalue weighted by Gasteiger charge is 2.19. The fourth-order valence-electron chi connectivity index (χ4n) is 1.49. The van der Waals surface area contributed by atoms with Crippen molar-refractivity contribution in [2.75, 3.05) is 0 Å². The Bertz CT molecular complexity index is 161. The van der Waals surface area contributed by atoms with Gasteiger partial charge >= 0.3 is 0 Å². The standard InChI is InChI=1S/C11H23NO/c1-6-7-11(4,5)12-10(13)8-9(2)3/h9H,6-8H2,1-5H3,(H,12,13). The summed E-state index contributed by atoms with van der Waals surface area (Å²) in [6.45, 7) is 10.4. The van der Waals surface area contributed by atoms with Crippen LogP contribution in [0.3, 0.4) is 0 Å². The molecule has 13 heavy (non-hydrogen) atoms. The normalized spacial score (nSPS) is 11.8. The van der Waals surface area contributed by atoms with Crippen LogP contribution in [-0.4, -0.2) is 11.4 Å². The van der Waals surface area contributed by atoms with Gasteiger partial charge < -0.3 is 5.32 Å². The number of hydrogen-bond acceptors (Lipinski definition) is 1. The Morgan fingerprint density at radius 3 is 2.31 bits per heavy atom. The lowest BCUT2D eigenvalue weighted by Crippen LogP contribution is -2.43. The lowest BCUT2D eigenvalue weighted by Gasteiger charge is -2.26. The van der Waals surface area contributed by atoms with Crippen LogP contribution in [0, 0.1) is 5.92 Å². The van der Waals surface area contributed by atoms with Crippen molar-refractivity contribution in [3.63, 3.8) is 0 Å². The monoisotopic (exact) mass is 185 g/mol. The van der Waals surface area contributed by atoms with Gasteiger partial charge in [0.15, 0.2) is 0 Å². The third-order valence-corrected chi connectivity index (χ3v) is 1.95. The highest BCUT2D eigenvalue weighted by molar-refractivity contribution is 5.76. The molecule has 0 saturated carbocycles. The van der Waals surface area contributed by atoms with Crippen molar-refractivity contribution in [3.05, 3.63) is 0 Å². The largest absolute Gasteiger partial charge is 0.351 e. The lowest BCUT2D eigenvalue weighted by atomic mass is 9.98. The van der Waals surface area contributed by atoms with E-state index in [2.05, 4.69) is 39.9 Å². The average molecular weight is 185 g/mol. The van der Waals surface area contributed by atoms with Crippen molar-refractivity contribution in [2.45, 2.75) is 59.4 Å². The third-order valence-electron chi connectivity index (χ3n) is 1.95. The van der Waals surface area contributed by atoms with Gasteiger partial charge in [0.1, 0.15) is 0 Å². The van der Waals surface area contributed by atoms with E-state index < -0.39 is 0 Å². The summed E-state index contributed by atoms with van der Waals surface area (Å²) in [6.07, 6.45) is 2.78. The molecule has 0 aromatic carbocycles. The summed E-state index contributed by atoms with van der Waals surface area (Å²) in [6, 6.07) is 0. The Balaban J connectivity index is 3.89. The molecule has 0 heterocycles. The van der Waals surface area contributed by atoms with Crippen LogP contribution in [0.5, 0.6) is 0 Å². The first-order chi connectivity index (χ1) is 5.87. The zero-order valence-corrected chi connectivity index (χ0v) is 9.61. The van der Waals surface area contributed by atoms with Gasteiger partial charge in [-0.2, -0.15) is 0 Å². The van der Waals surface area contributed by atoms with Gasteiger partial charge in [-0.15, -0.1) is 0 Å². The van der Waals surface area contributed by atoms with Crippen molar-refractivity contribution in [2.24, 2.45) is 5.92 Å². The minimum Gasteiger partial charge on any atom is -0.351 e. The van der Waals surface area contributed by atoms with Gasteiger partial charge in [-0.25, -0.2) is 0 Å². The van der Waals surface area contributed by atoms with Crippen molar-refractivity contribution in [3.8, 4) is 0 Å². The van der Waals surface area contributed by atoms with E-state index in [-0.39, 0.29) is 11.4 Å². The number of hydrogen-bond donors (Lipinski definition) is 1. The summed E-state index contributed by atoms with van der Waals surface area (Å²) >= 11 is 0. The summed E-state index contributed by atoms with van der Waals surface area (Å²) in [5.74, 6) is 0.617. The maximum atomic E-state index is 11.4. The molecular weight excluding hydrogens is 162 g/mol. The molecule has 0 rings (SSSR count). The molecule has 0 radical (unpaired) electrons. The Labute approximate surface area is 82.1 Å². The number of rotatable bonds is 5. The van der Waals surface area contributed by atoms with Gasteiger partial charge in [0.05, 0.1) is 0 Å². The van der Waals surface area contributed by atoms with E-state index in [0.29, 0.717) is 12.3 Å². The number of nitrogens with one attached hydrogen (secondary N) is 1. The number of carbonyl (C=O) groups excluding carboxylic acids is 1. The zero-order chi connectivity index (χ0) is 10.5. The van der Waals surface area contributed by atoms with Crippen molar-refractivity contribution in [1.29, 1.82) is 0 Å². The van der Waals surface area contributed by atoms with E-state index in [1.54, 1.807) is 0 Å². The minimum atomic E-state index is -0.0409. The Morgan fingerprint density at radius 1 is 1.38 bits per heavy atom.